The predicted octanol–water partition coefficient (Wildman–Crippen LogP) is 2.96. The van der Waals surface area contributed by atoms with Gasteiger partial charge in [-0.1, -0.05) is 26.2 Å². The van der Waals surface area contributed by atoms with Crippen LogP contribution in [0.1, 0.15) is 32.6 Å². The SMILES string of the molecule is CC1CCCCC1C1=NCCS1. The number of aliphatic imine (C=N–C) groups is 1. The first kappa shape index (κ1) is 8.61. The molecule has 0 amide bonds. The van der Waals surface area contributed by atoms with Gasteiger partial charge >= 0.3 is 0 Å². The zero-order chi connectivity index (χ0) is 8.39. The molecule has 2 aliphatic rings. The van der Waals surface area contributed by atoms with Crippen LogP contribution in [0.25, 0.3) is 0 Å². The second-order valence-electron chi connectivity index (χ2n) is 3.94. The molecule has 2 rings (SSSR count). The van der Waals surface area contributed by atoms with Crippen molar-refractivity contribution in [1.29, 1.82) is 0 Å². The first-order chi connectivity index (χ1) is 5.88. The fourth-order valence-electron chi connectivity index (χ4n) is 2.26. The summed E-state index contributed by atoms with van der Waals surface area (Å²) in [6, 6.07) is 0. The minimum atomic E-state index is 0.825. The topological polar surface area (TPSA) is 12.4 Å². The normalized spacial score (nSPS) is 36.6. The number of rotatable bonds is 1. The van der Waals surface area contributed by atoms with E-state index in [0.717, 1.165) is 18.4 Å². The smallest absolute Gasteiger partial charge is 0.0710 e. The van der Waals surface area contributed by atoms with Crippen LogP contribution in [-0.2, 0) is 0 Å². The van der Waals surface area contributed by atoms with Gasteiger partial charge in [-0.05, 0) is 12.3 Å². The van der Waals surface area contributed by atoms with Crippen LogP contribution >= 0.6 is 11.8 Å². The summed E-state index contributed by atoms with van der Waals surface area (Å²) in [4.78, 5) is 4.59. The molecule has 1 nitrogen and oxygen atoms in total. The van der Waals surface area contributed by atoms with Crippen molar-refractivity contribution >= 4 is 16.8 Å². The monoisotopic (exact) mass is 183 g/mol. The Labute approximate surface area is 79.0 Å². The Kier molecular flexibility index (Phi) is 2.74. The van der Waals surface area contributed by atoms with Crippen molar-refractivity contribution in [1.82, 2.24) is 0 Å². The van der Waals surface area contributed by atoms with Crippen LogP contribution in [-0.4, -0.2) is 17.3 Å². The third kappa shape index (κ3) is 1.68. The Balaban J connectivity index is 2.00. The third-order valence-corrected chi connectivity index (χ3v) is 4.15. The van der Waals surface area contributed by atoms with Crippen molar-refractivity contribution in [3.8, 4) is 0 Å². The first-order valence-electron chi connectivity index (χ1n) is 5.05. The maximum Gasteiger partial charge on any atom is 0.0710 e. The van der Waals surface area contributed by atoms with Crippen molar-refractivity contribution in [3.63, 3.8) is 0 Å². The third-order valence-electron chi connectivity index (χ3n) is 3.04. The number of thioether (sulfide) groups is 1. The quantitative estimate of drug-likeness (QED) is 0.609. The minimum absolute atomic E-state index is 0.825. The van der Waals surface area contributed by atoms with Crippen LogP contribution in [0.4, 0.5) is 0 Å². The van der Waals surface area contributed by atoms with Crippen LogP contribution in [0, 0.1) is 11.8 Å². The molecule has 1 saturated carbocycles. The fraction of sp³-hybridized carbons (Fsp3) is 0.900. The molecule has 2 unspecified atom stereocenters. The van der Waals surface area contributed by atoms with Gasteiger partial charge in [0.25, 0.3) is 0 Å². The van der Waals surface area contributed by atoms with Gasteiger partial charge in [-0.25, -0.2) is 0 Å². The van der Waals surface area contributed by atoms with E-state index in [9.17, 15) is 0 Å². The molecular weight excluding hydrogens is 166 g/mol. The second kappa shape index (κ2) is 3.82. The van der Waals surface area contributed by atoms with Gasteiger partial charge in [-0.15, -0.1) is 11.8 Å². The Hall–Kier alpha value is 0.0200. The summed E-state index contributed by atoms with van der Waals surface area (Å²) in [7, 11) is 0. The van der Waals surface area contributed by atoms with Crippen LogP contribution in [0.2, 0.25) is 0 Å². The van der Waals surface area contributed by atoms with Gasteiger partial charge in [-0.2, -0.15) is 0 Å². The maximum absolute atomic E-state index is 4.59. The van der Waals surface area contributed by atoms with Crippen LogP contribution in [0.5, 0.6) is 0 Å². The lowest BCUT2D eigenvalue weighted by Crippen LogP contribution is -2.22. The highest BCUT2D eigenvalue weighted by atomic mass is 32.2. The molecule has 1 heterocycles. The van der Waals surface area contributed by atoms with Gasteiger partial charge in [0.1, 0.15) is 0 Å². The zero-order valence-corrected chi connectivity index (χ0v) is 8.57. The highest BCUT2D eigenvalue weighted by Gasteiger charge is 2.27. The molecule has 0 aromatic rings. The Morgan fingerprint density at radius 2 is 2.17 bits per heavy atom. The summed E-state index contributed by atoms with van der Waals surface area (Å²) in [6.45, 7) is 3.47. The van der Waals surface area contributed by atoms with E-state index in [1.165, 1.54) is 36.5 Å². The van der Waals surface area contributed by atoms with Gasteiger partial charge in [0.15, 0.2) is 0 Å². The number of hydrogen-bond donors (Lipinski definition) is 0. The summed E-state index contributed by atoms with van der Waals surface area (Å²) in [6.07, 6.45) is 5.68. The van der Waals surface area contributed by atoms with Gasteiger partial charge in [0.05, 0.1) is 5.04 Å². The highest BCUT2D eigenvalue weighted by molar-refractivity contribution is 8.14. The van der Waals surface area contributed by atoms with Crippen molar-refractivity contribution < 1.29 is 0 Å². The predicted molar refractivity (Wildman–Crippen MR) is 55.9 cm³/mol. The van der Waals surface area contributed by atoms with E-state index >= 15 is 0 Å². The number of nitrogens with zero attached hydrogens (tertiary/aromatic N) is 1. The molecule has 1 aliphatic carbocycles. The lowest BCUT2D eigenvalue weighted by Gasteiger charge is -2.28. The molecular formula is C10H17NS. The van der Waals surface area contributed by atoms with E-state index in [4.69, 9.17) is 0 Å². The summed E-state index contributed by atoms with van der Waals surface area (Å²) in [5.41, 5.74) is 0. The lowest BCUT2D eigenvalue weighted by atomic mass is 9.81. The van der Waals surface area contributed by atoms with Crippen molar-refractivity contribution in [2.45, 2.75) is 32.6 Å². The molecule has 1 fully saturated rings. The molecule has 0 aromatic heterocycles. The molecule has 0 spiro atoms. The van der Waals surface area contributed by atoms with E-state index in [2.05, 4.69) is 11.9 Å². The average Bonchev–Trinajstić information content (AvgIpc) is 2.57. The summed E-state index contributed by atoms with van der Waals surface area (Å²) in [5.74, 6) is 2.95. The molecule has 0 saturated heterocycles. The summed E-state index contributed by atoms with van der Waals surface area (Å²) >= 11 is 2.00. The second-order valence-corrected chi connectivity index (χ2v) is 5.05. The molecule has 68 valence electrons. The van der Waals surface area contributed by atoms with Crippen LogP contribution in [0.3, 0.4) is 0 Å². The summed E-state index contributed by atoms with van der Waals surface area (Å²) in [5, 5.41) is 1.47. The lowest BCUT2D eigenvalue weighted by molar-refractivity contribution is 0.327. The fourth-order valence-corrected chi connectivity index (χ4v) is 3.40. The molecule has 2 atom stereocenters. The van der Waals surface area contributed by atoms with Gasteiger partial charge in [0.2, 0.25) is 0 Å². The van der Waals surface area contributed by atoms with E-state index in [0.29, 0.717) is 0 Å². The van der Waals surface area contributed by atoms with E-state index < -0.39 is 0 Å². The Bertz CT molecular complexity index is 188. The largest absolute Gasteiger partial charge is 0.282 e. The minimum Gasteiger partial charge on any atom is -0.282 e. The van der Waals surface area contributed by atoms with Crippen molar-refractivity contribution in [2.75, 3.05) is 12.3 Å². The van der Waals surface area contributed by atoms with Gasteiger partial charge < -0.3 is 0 Å². The Morgan fingerprint density at radius 3 is 2.83 bits per heavy atom. The van der Waals surface area contributed by atoms with Gasteiger partial charge in [0, 0.05) is 18.2 Å². The van der Waals surface area contributed by atoms with Crippen LogP contribution in [0.15, 0.2) is 4.99 Å². The molecule has 0 aromatic carbocycles. The van der Waals surface area contributed by atoms with Crippen molar-refractivity contribution in [2.24, 2.45) is 16.8 Å². The summed E-state index contributed by atoms with van der Waals surface area (Å²) < 4.78 is 0. The molecule has 1 aliphatic heterocycles. The Morgan fingerprint density at radius 1 is 1.33 bits per heavy atom. The first-order valence-corrected chi connectivity index (χ1v) is 6.03. The maximum atomic E-state index is 4.59. The van der Waals surface area contributed by atoms with Crippen molar-refractivity contribution in [3.05, 3.63) is 0 Å². The highest BCUT2D eigenvalue weighted by Crippen LogP contribution is 2.35. The average molecular weight is 183 g/mol. The van der Waals surface area contributed by atoms with Gasteiger partial charge in [-0.3, -0.25) is 4.99 Å². The molecule has 0 N–H and O–H groups in total. The molecule has 12 heavy (non-hydrogen) atoms. The van der Waals surface area contributed by atoms with Crippen LogP contribution < -0.4 is 0 Å². The van der Waals surface area contributed by atoms with E-state index in [1.807, 2.05) is 11.8 Å². The standard InChI is InChI=1S/C10H17NS/c1-8-4-2-3-5-9(8)10-11-6-7-12-10/h8-9H,2-7H2,1H3. The molecule has 0 bridgehead atoms. The number of hydrogen-bond acceptors (Lipinski definition) is 2. The van der Waals surface area contributed by atoms with E-state index in [1.54, 1.807) is 0 Å². The zero-order valence-electron chi connectivity index (χ0n) is 7.75. The van der Waals surface area contributed by atoms with E-state index in [-0.39, 0.29) is 0 Å². The molecule has 0 radical (unpaired) electrons. The molecule has 2 heteroatoms.